The van der Waals surface area contributed by atoms with Crippen molar-refractivity contribution in [1.29, 1.82) is 0 Å². The van der Waals surface area contributed by atoms with Gasteiger partial charge in [0.1, 0.15) is 13.5 Å². The predicted molar refractivity (Wildman–Crippen MR) is 210 cm³/mol. The number of aromatic nitrogens is 5. The summed E-state index contributed by atoms with van der Waals surface area (Å²) in [7, 11) is -2.60. The van der Waals surface area contributed by atoms with Crippen molar-refractivity contribution in [3.05, 3.63) is 59.1 Å². The molecule has 278 valence electrons. The number of ether oxygens (including phenoxy) is 3. The van der Waals surface area contributed by atoms with Crippen LogP contribution in [0.2, 0.25) is 51.4 Å². The number of fused-ring (bicyclic) bond motifs is 1. The number of nitrogens with zero attached hydrogens (tertiary/aromatic N) is 6. The number of anilines is 1. The monoisotopic (exact) mass is 800 g/mol. The van der Waals surface area contributed by atoms with E-state index in [1.54, 1.807) is 6.92 Å². The first kappa shape index (κ1) is 39.3. The molecule has 14 heteroatoms. The lowest BCUT2D eigenvalue weighted by molar-refractivity contribution is -0.151. The number of benzene rings is 1. The molecular formula is C37H54BrFN6O4Si2. The van der Waals surface area contributed by atoms with Crippen molar-refractivity contribution in [3.63, 3.8) is 0 Å². The van der Waals surface area contributed by atoms with E-state index in [-0.39, 0.29) is 18.4 Å². The van der Waals surface area contributed by atoms with Crippen LogP contribution >= 0.6 is 15.9 Å². The van der Waals surface area contributed by atoms with Crippen LogP contribution < -0.4 is 4.90 Å². The molecular weight excluding hydrogens is 748 g/mol. The molecule has 3 heterocycles. The highest BCUT2D eigenvalue weighted by molar-refractivity contribution is 9.10. The molecule has 4 aromatic rings. The van der Waals surface area contributed by atoms with Gasteiger partial charge in [0, 0.05) is 58.5 Å². The lowest BCUT2D eigenvalue weighted by atomic mass is 9.78. The summed E-state index contributed by atoms with van der Waals surface area (Å²) in [5.41, 5.74) is 4.28. The zero-order chi connectivity index (χ0) is 36.8. The SMILES string of the molecule is CCOC(=O)C(F)C1CCC(c2nc3c(-c4cnn(-c5ccccc5)c4)cnn3c(N(COCC[Si](C)(C)C)COCC[Si](C)(C)C)c2Br)CC1. The molecule has 1 aliphatic carbocycles. The van der Waals surface area contributed by atoms with Gasteiger partial charge in [0.05, 0.1) is 34.9 Å². The van der Waals surface area contributed by atoms with Gasteiger partial charge in [-0.15, -0.1) is 0 Å². The number of carbonyl (C=O) groups is 1. The maximum absolute atomic E-state index is 15.1. The average Bonchev–Trinajstić information content (AvgIpc) is 3.75. The smallest absolute Gasteiger partial charge is 0.341 e. The number of carbonyl (C=O) groups excluding carboxylic acids is 1. The fourth-order valence-electron chi connectivity index (χ4n) is 6.27. The average molecular weight is 802 g/mol. The molecule has 1 fully saturated rings. The van der Waals surface area contributed by atoms with Crippen LogP contribution in [0.15, 0.2) is 53.4 Å². The van der Waals surface area contributed by atoms with Gasteiger partial charge in [0.15, 0.2) is 17.6 Å². The number of hydrogen-bond acceptors (Lipinski definition) is 8. The highest BCUT2D eigenvalue weighted by Crippen LogP contribution is 2.43. The minimum absolute atomic E-state index is 0.0473. The molecule has 10 nitrogen and oxygen atoms in total. The molecule has 1 aliphatic rings. The molecule has 0 saturated heterocycles. The van der Waals surface area contributed by atoms with Crippen LogP contribution in [0.4, 0.5) is 10.2 Å². The zero-order valence-corrected chi connectivity index (χ0v) is 34.8. The van der Waals surface area contributed by atoms with E-state index in [0.717, 1.165) is 44.9 Å². The van der Waals surface area contributed by atoms with Crippen LogP contribution in [0.1, 0.15) is 44.2 Å². The number of hydrogen-bond donors (Lipinski definition) is 0. The van der Waals surface area contributed by atoms with Gasteiger partial charge in [0.2, 0.25) is 0 Å². The first-order chi connectivity index (χ1) is 24.3. The standard InChI is InChI=1S/C37H54BrFN6O4Si2/c1-8-49-37(46)33(39)27-14-16-28(17-15-27)34-32(38)36(43(25-47-18-20-50(2,3)4)26-48-19-21-51(5,6)7)45-35(42-34)31(23-41-45)29-22-40-44(24-29)30-12-10-9-11-13-30/h9-13,22-24,27-28,33H,8,14-21,25-26H2,1-7H3. The summed E-state index contributed by atoms with van der Waals surface area (Å²) in [4.78, 5) is 19.6. The summed E-state index contributed by atoms with van der Waals surface area (Å²) in [5.74, 6) is -0.281. The van der Waals surface area contributed by atoms with Gasteiger partial charge in [-0.1, -0.05) is 57.5 Å². The molecule has 3 aromatic heterocycles. The van der Waals surface area contributed by atoms with E-state index >= 15 is 4.39 Å². The normalized spacial score (nSPS) is 17.5. The van der Waals surface area contributed by atoms with E-state index in [0.29, 0.717) is 58.0 Å². The maximum atomic E-state index is 15.1. The molecule has 0 amide bonds. The second-order valence-corrected chi connectivity index (χ2v) is 28.0. The maximum Gasteiger partial charge on any atom is 0.341 e. The van der Waals surface area contributed by atoms with Gasteiger partial charge in [-0.2, -0.15) is 14.7 Å². The van der Waals surface area contributed by atoms with Crippen LogP contribution in [0, 0.1) is 5.92 Å². The molecule has 0 bridgehead atoms. The highest BCUT2D eigenvalue weighted by Gasteiger charge is 2.36. The third kappa shape index (κ3) is 10.4. The van der Waals surface area contributed by atoms with Crippen LogP contribution in [0.3, 0.4) is 0 Å². The van der Waals surface area contributed by atoms with E-state index in [1.807, 2.05) is 58.1 Å². The van der Waals surface area contributed by atoms with Crippen LogP contribution in [0.25, 0.3) is 22.5 Å². The van der Waals surface area contributed by atoms with Gasteiger partial charge in [0.25, 0.3) is 0 Å². The Morgan fingerprint density at radius 1 is 0.961 bits per heavy atom. The molecule has 0 aliphatic heterocycles. The molecule has 1 unspecified atom stereocenters. The van der Waals surface area contributed by atoms with Gasteiger partial charge in [-0.05, 0) is 72.8 Å². The molecule has 0 spiro atoms. The second kappa shape index (κ2) is 17.3. The lowest BCUT2D eigenvalue weighted by Gasteiger charge is -2.32. The molecule has 1 aromatic carbocycles. The quantitative estimate of drug-likeness (QED) is 0.0452. The summed E-state index contributed by atoms with van der Waals surface area (Å²) >= 11 is 3.98. The van der Waals surface area contributed by atoms with Gasteiger partial charge in [-0.3, -0.25) is 0 Å². The lowest BCUT2D eigenvalue weighted by Crippen LogP contribution is -2.34. The Morgan fingerprint density at radius 2 is 1.59 bits per heavy atom. The fourth-order valence-corrected chi connectivity index (χ4v) is 8.62. The van der Waals surface area contributed by atoms with E-state index in [1.165, 1.54) is 0 Å². The van der Waals surface area contributed by atoms with Crippen molar-refractivity contribution in [3.8, 4) is 16.8 Å². The topological polar surface area (TPSA) is 96.0 Å². The van der Waals surface area contributed by atoms with Crippen LogP contribution in [0.5, 0.6) is 0 Å². The minimum Gasteiger partial charge on any atom is -0.464 e. The highest BCUT2D eigenvalue weighted by atomic mass is 79.9. The first-order valence-electron chi connectivity index (χ1n) is 18.1. The Labute approximate surface area is 312 Å². The van der Waals surface area contributed by atoms with Gasteiger partial charge in [-0.25, -0.2) is 18.9 Å². The van der Waals surface area contributed by atoms with Crippen molar-refractivity contribution in [2.24, 2.45) is 5.92 Å². The van der Waals surface area contributed by atoms with Gasteiger partial charge >= 0.3 is 5.97 Å². The van der Waals surface area contributed by atoms with Crippen molar-refractivity contribution < 1.29 is 23.4 Å². The number of alkyl halides is 1. The number of rotatable bonds is 17. The van der Waals surface area contributed by atoms with Crippen LogP contribution in [-0.4, -0.2) is 85.9 Å². The van der Waals surface area contributed by atoms with E-state index < -0.39 is 28.3 Å². The van der Waals surface area contributed by atoms with E-state index in [4.69, 9.17) is 24.3 Å². The second-order valence-electron chi connectivity index (χ2n) is 15.9. The van der Waals surface area contributed by atoms with Crippen molar-refractivity contribution in [2.75, 3.05) is 38.2 Å². The molecule has 0 radical (unpaired) electrons. The van der Waals surface area contributed by atoms with Crippen molar-refractivity contribution >= 4 is 49.5 Å². The first-order valence-corrected chi connectivity index (χ1v) is 26.3. The summed E-state index contributed by atoms with van der Waals surface area (Å²) < 4.78 is 37.3. The Kier molecular flexibility index (Phi) is 13.3. The third-order valence-electron chi connectivity index (χ3n) is 9.38. The summed E-state index contributed by atoms with van der Waals surface area (Å²) in [6.07, 6.45) is 6.59. The van der Waals surface area contributed by atoms with Crippen LogP contribution in [-0.2, 0) is 19.0 Å². The number of esters is 1. The zero-order valence-electron chi connectivity index (χ0n) is 31.2. The molecule has 1 saturated carbocycles. The summed E-state index contributed by atoms with van der Waals surface area (Å²) in [6, 6.07) is 12.1. The van der Waals surface area contributed by atoms with Crippen molar-refractivity contribution in [2.45, 2.75) is 96.1 Å². The van der Waals surface area contributed by atoms with Gasteiger partial charge < -0.3 is 19.1 Å². The third-order valence-corrected chi connectivity index (χ3v) is 13.5. The number of para-hydroxylation sites is 1. The minimum atomic E-state index is -1.61. The largest absolute Gasteiger partial charge is 0.464 e. The Hall–Kier alpha value is -2.92. The molecule has 1 atom stereocenters. The molecule has 0 N–H and O–H groups in total. The summed E-state index contributed by atoms with van der Waals surface area (Å²) in [5, 5.41) is 9.55. The van der Waals surface area contributed by atoms with E-state index in [2.05, 4.69) is 65.2 Å². The Bertz CT molecular complexity index is 1710. The predicted octanol–water partition coefficient (Wildman–Crippen LogP) is 8.95. The Balaban J connectivity index is 1.53. The Morgan fingerprint density at radius 3 is 2.18 bits per heavy atom. The van der Waals surface area contributed by atoms with E-state index in [9.17, 15) is 4.79 Å². The fraction of sp³-hybridized carbons (Fsp3) is 0.568. The number of halogens is 2. The van der Waals surface area contributed by atoms with Crippen molar-refractivity contribution in [1.82, 2.24) is 24.4 Å². The molecule has 51 heavy (non-hydrogen) atoms. The molecule has 5 rings (SSSR count). The summed E-state index contributed by atoms with van der Waals surface area (Å²) in [6.45, 7) is 17.9.